The van der Waals surface area contributed by atoms with Gasteiger partial charge in [0.2, 0.25) is 0 Å². The van der Waals surface area contributed by atoms with E-state index in [-0.39, 0.29) is 6.61 Å². The Hall–Kier alpha value is -1.33. The van der Waals surface area contributed by atoms with Gasteiger partial charge in [0.25, 0.3) is 0 Å². The number of hydrogen-bond acceptors (Lipinski definition) is 3. The summed E-state index contributed by atoms with van der Waals surface area (Å²) in [5, 5.41) is 9.52. The van der Waals surface area contributed by atoms with E-state index in [2.05, 4.69) is 18.2 Å². The summed E-state index contributed by atoms with van der Waals surface area (Å²) in [5.74, 6) is 1.71. The molecule has 27 heavy (non-hydrogen) atoms. The predicted octanol–water partition coefficient (Wildman–Crippen LogP) is 3.56. The first-order chi connectivity index (χ1) is 13.1. The summed E-state index contributed by atoms with van der Waals surface area (Å²) in [6.07, 6.45) is 6.04. The molecule has 0 radical (unpaired) electrons. The molecule has 4 rings (SSSR count). The Morgan fingerprint density at radius 2 is 1.93 bits per heavy atom. The number of fused-ring (bicyclic) bond motifs is 1. The van der Waals surface area contributed by atoms with E-state index in [1.54, 1.807) is 0 Å². The van der Waals surface area contributed by atoms with Crippen molar-refractivity contribution in [2.75, 3.05) is 12.4 Å². The zero-order chi connectivity index (χ0) is 18.9. The summed E-state index contributed by atoms with van der Waals surface area (Å²) >= 11 is -0.911. The molecule has 0 heterocycles. The highest BCUT2D eigenvalue weighted by atomic mass is 32.2. The van der Waals surface area contributed by atoms with Crippen LogP contribution in [0.2, 0.25) is 0 Å². The number of benzene rings is 2. The molecule has 0 bridgehead atoms. The molecule has 1 fully saturated rings. The van der Waals surface area contributed by atoms with Gasteiger partial charge in [-0.25, -0.2) is 0 Å². The molecular weight excluding hydrogens is 354 g/mol. The maximum atomic E-state index is 12.6. The van der Waals surface area contributed by atoms with Gasteiger partial charge >= 0.3 is 0 Å². The Kier molecular flexibility index (Phi) is 5.60. The minimum Gasteiger partial charge on any atom is -0.611 e. The molecule has 2 aromatic carbocycles. The monoisotopic (exact) mass is 383 g/mol. The van der Waals surface area contributed by atoms with E-state index >= 15 is 0 Å². The van der Waals surface area contributed by atoms with Gasteiger partial charge in [-0.2, -0.15) is 0 Å². The van der Waals surface area contributed by atoms with Crippen molar-refractivity contribution >= 4 is 11.2 Å². The van der Waals surface area contributed by atoms with Crippen molar-refractivity contribution in [1.29, 1.82) is 0 Å². The molecule has 0 spiro atoms. The van der Waals surface area contributed by atoms with Gasteiger partial charge in [0, 0.05) is 11.5 Å². The predicted molar refractivity (Wildman–Crippen MR) is 110 cm³/mol. The lowest BCUT2D eigenvalue weighted by Crippen LogP contribution is -2.40. The summed E-state index contributed by atoms with van der Waals surface area (Å²) in [6, 6.07) is 16.7. The number of aliphatic hydroxyl groups excluding tert-OH is 1. The molecule has 3 N–H and O–H groups in total. The van der Waals surface area contributed by atoms with Crippen molar-refractivity contribution in [3.63, 3.8) is 0 Å². The number of rotatable bonds is 5. The molecule has 0 aromatic heterocycles. The highest BCUT2D eigenvalue weighted by Crippen LogP contribution is 2.40. The van der Waals surface area contributed by atoms with Gasteiger partial charge in [-0.15, -0.1) is 0 Å². The number of hydrogen-bond donors (Lipinski definition) is 2. The standard InChI is InChI=1S/C23H29NO2S/c24-23(16-25)11-10-21(14-23)20-9-8-18-12-17(6-7-19(18)13-20)15-27(26)22-4-2-1-3-5-22/h1-5,8-9,13,17,21,25H,6-7,10-12,14-16,24H2/t17-,21-,23-,27?/m0/s1. The summed E-state index contributed by atoms with van der Waals surface area (Å²) < 4.78 is 12.6. The van der Waals surface area contributed by atoms with E-state index in [0.29, 0.717) is 11.8 Å². The molecule has 0 amide bonds. The molecule has 2 aromatic rings. The number of nitrogens with two attached hydrogens (primary N) is 1. The Morgan fingerprint density at radius 3 is 2.67 bits per heavy atom. The summed E-state index contributed by atoms with van der Waals surface area (Å²) in [5.41, 5.74) is 10.1. The summed E-state index contributed by atoms with van der Waals surface area (Å²) in [4.78, 5) is 0.939. The second-order valence-electron chi connectivity index (χ2n) is 8.42. The molecule has 2 aliphatic carbocycles. The molecule has 2 aliphatic rings. The van der Waals surface area contributed by atoms with Crippen molar-refractivity contribution in [2.24, 2.45) is 11.7 Å². The molecule has 0 aliphatic heterocycles. The normalized spacial score (nSPS) is 28.7. The highest BCUT2D eigenvalue weighted by molar-refractivity contribution is 7.91. The average Bonchev–Trinajstić information content (AvgIpc) is 3.11. The first kappa shape index (κ1) is 19.0. The van der Waals surface area contributed by atoms with Gasteiger partial charge in [-0.05, 0) is 84.4 Å². The Balaban J connectivity index is 1.41. The van der Waals surface area contributed by atoms with Gasteiger partial charge < -0.3 is 15.4 Å². The zero-order valence-electron chi connectivity index (χ0n) is 15.8. The van der Waals surface area contributed by atoms with Crippen LogP contribution in [-0.4, -0.2) is 27.6 Å². The molecule has 4 atom stereocenters. The van der Waals surface area contributed by atoms with Crippen LogP contribution in [0, 0.1) is 5.92 Å². The van der Waals surface area contributed by atoms with Gasteiger partial charge in [-0.3, -0.25) is 0 Å². The van der Waals surface area contributed by atoms with Gasteiger partial charge in [0.15, 0.2) is 4.90 Å². The van der Waals surface area contributed by atoms with Crippen LogP contribution in [0.3, 0.4) is 0 Å². The number of aryl methyl sites for hydroxylation is 1. The molecular formula is C23H29NO2S. The molecule has 1 saturated carbocycles. The zero-order valence-corrected chi connectivity index (χ0v) is 16.6. The summed E-state index contributed by atoms with van der Waals surface area (Å²) in [7, 11) is 0. The maximum Gasteiger partial charge on any atom is 0.152 e. The third-order valence-corrected chi connectivity index (χ3v) is 7.96. The lowest BCUT2D eigenvalue weighted by molar-refractivity contribution is 0.198. The first-order valence-electron chi connectivity index (χ1n) is 10.0. The molecule has 0 saturated heterocycles. The molecule has 144 valence electrons. The van der Waals surface area contributed by atoms with Gasteiger partial charge in [-0.1, -0.05) is 36.4 Å². The average molecular weight is 384 g/mol. The SMILES string of the molecule is N[C@@]1(CO)CC[C@H](c2ccc3c(c2)CC[C@H](C[S+]([O-])c2ccccc2)C3)C1. The van der Waals surface area contributed by atoms with E-state index in [1.165, 1.54) is 16.7 Å². The van der Waals surface area contributed by atoms with Crippen LogP contribution < -0.4 is 5.73 Å². The van der Waals surface area contributed by atoms with E-state index in [4.69, 9.17) is 5.73 Å². The fourth-order valence-corrected chi connectivity index (χ4v) is 6.08. The number of aliphatic hydroxyl groups is 1. The lowest BCUT2D eigenvalue weighted by Gasteiger charge is -2.26. The second-order valence-corrected chi connectivity index (χ2v) is 9.92. The first-order valence-corrected chi connectivity index (χ1v) is 11.3. The quantitative estimate of drug-likeness (QED) is 0.776. The summed E-state index contributed by atoms with van der Waals surface area (Å²) in [6.45, 7) is 0.0781. The Labute approximate surface area is 165 Å². The third-order valence-electron chi connectivity index (χ3n) is 6.38. The smallest absolute Gasteiger partial charge is 0.152 e. The van der Waals surface area contributed by atoms with E-state index in [1.807, 2.05) is 30.3 Å². The van der Waals surface area contributed by atoms with Crippen LogP contribution >= 0.6 is 0 Å². The van der Waals surface area contributed by atoms with E-state index in [9.17, 15) is 9.66 Å². The Morgan fingerprint density at radius 1 is 1.11 bits per heavy atom. The van der Waals surface area contributed by atoms with Crippen molar-refractivity contribution in [3.8, 4) is 0 Å². The van der Waals surface area contributed by atoms with Gasteiger partial charge in [0.05, 0.1) is 6.61 Å². The molecule has 1 unspecified atom stereocenters. The third kappa shape index (κ3) is 4.24. The van der Waals surface area contributed by atoms with Crippen LogP contribution in [0.25, 0.3) is 0 Å². The van der Waals surface area contributed by atoms with Crippen molar-refractivity contribution < 1.29 is 9.66 Å². The van der Waals surface area contributed by atoms with Crippen molar-refractivity contribution in [2.45, 2.75) is 54.9 Å². The van der Waals surface area contributed by atoms with E-state index < -0.39 is 16.7 Å². The van der Waals surface area contributed by atoms with Gasteiger partial charge in [0.1, 0.15) is 5.75 Å². The fourth-order valence-electron chi connectivity index (χ4n) is 4.71. The molecule has 3 nitrogen and oxygen atoms in total. The van der Waals surface area contributed by atoms with Crippen LogP contribution in [0.1, 0.15) is 48.3 Å². The fraction of sp³-hybridized carbons (Fsp3) is 0.478. The maximum absolute atomic E-state index is 12.6. The minimum atomic E-state index is -0.911. The second kappa shape index (κ2) is 7.96. The highest BCUT2D eigenvalue weighted by Gasteiger charge is 2.36. The van der Waals surface area contributed by atoms with Crippen LogP contribution in [-0.2, 0) is 24.0 Å². The lowest BCUT2D eigenvalue weighted by atomic mass is 9.82. The van der Waals surface area contributed by atoms with Crippen LogP contribution in [0.5, 0.6) is 0 Å². The minimum absolute atomic E-state index is 0.0781. The van der Waals surface area contributed by atoms with Crippen molar-refractivity contribution in [3.05, 3.63) is 65.2 Å². The van der Waals surface area contributed by atoms with Crippen LogP contribution in [0.15, 0.2) is 53.4 Å². The van der Waals surface area contributed by atoms with Crippen molar-refractivity contribution in [1.82, 2.24) is 0 Å². The Bertz CT molecular complexity index is 781. The topological polar surface area (TPSA) is 69.3 Å². The largest absolute Gasteiger partial charge is 0.611 e. The van der Waals surface area contributed by atoms with Crippen LogP contribution in [0.4, 0.5) is 0 Å². The molecule has 4 heteroatoms. The van der Waals surface area contributed by atoms with E-state index in [0.717, 1.165) is 49.2 Å².